The Morgan fingerprint density at radius 2 is 2.20 bits per heavy atom. The summed E-state index contributed by atoms with van der Waals surface area (Å²) >= 11 is 0. The van der Waals surface area contributed by atoms with Crippen LogP contribution in [0.25, 0.3) is 0 Å². The molecule has 20 heavy (non-hydrogen) atoms. The molecule has 110 valence electrons. The quantitative estimate of drug-likeness (QED) is 0.910. The fourth-order valence-corrected chi connectivity index (χ4v) is 3.28. The van der Waals surface area contributed by atoms with Crippen molar-refractivity contribution in [2.45, 2.75) is 38.6 Å². The highest BCUT2D eigenvalue weighted by atomic mass is 35.5. The normalized spacial score (nSPS) is 24.9. The van der Waals surface area contributed by atoms with Crippen molar-refractivity contribution in [1.82, 2.24) is 5.32 Å². The number of nitrogens with one attached hydrogen (secondary N) is 1. The van der Waals surface area contributed by atoms with Crippen LogP contribution in [0.2, 0.25) is 0 Å². The first-order valence-electron chi connectivity index (χ1n) is 7.35. The third-order valence-electron chi connectivity index (χ3n) is 4.23. The van der Waals surface area contributed by atoms with Crippen molar-refractivity contribution in [2.24, 2.45) is 5.92 Å². The van der Waals surface area contributed by atoms with Gasteiger partial charge in [0, 0.05) is 24.7 Å². The van der Waals surface area contributed by atoms with E-state index in [1.807, 2.05) is 11.0 Å². The summed E-state index contributed by atoms with van der Waals surface area (Å²) in [5.41, 5.74) is 2.44. The zero-order chi connectivity index (χ0) is 13.2. The molecule has 0 spiro atoms. The summed E-state index contributed by atoms with van der Waals surface area (Å²) in [7, 11) is 0. The molecule has 1 fully saturated rings. The topological polar surface area (TPSA) is 32.3 Å². The van der Waals surface area contributed by atoms with Gasteiger partial charge < -0.3 is 10.2 Å². The fraction of sp³-hybridized carbons (Fsp3) is 0.562. The summed E-state index contributed by atoms with van der Waals surface area (Å²) in [6.45, 7) is 4.15. The van der Waals surface area contributed by atoms with Crippen LogP contribution in [0, 0.1) is 5.92 Å². The Kier molecular flexibility index (Phi) is 5.06. The van der Waals surface area contributed by atoms with Crippen molar-refractivity contribution in [3.8, 4) is 0 Å². The standard InChI is InChI=1S/C16H22N2O.ClH/c1-12-9-13-5-2-3-7-15(13)18(11-12)16(19)10-14-6-4-8-17-14;/h2-3,5,7,12,14,17H,4,6,8-11H2,1H3;1H. The fourth-order valence-electron chi connectivity index (χ4n) is 3.28. The predicted octanol–water partition coefficient (Wildman–Crippen LogP) is 2.78. The maximum absolute atomic E-state index is 12.5. The number of amides is 1. The molecular weight excluding hydrogens is 272 g/mol. The zero-order valence-electron chi connectivity index (χ0n) is 12.0. The van der Waals surface area contributed by atoms with Gasteiger partial charge in [0.1, 0.15) is 0 Å². The van der Waals surface area contributed by atoms with Gasteiger partial charge in [0.05, 0.1) is 0 Å². The number of benzene rings is 1. The number of nitrogens with zero attached hydrogens (tertiary/aromatic N) is 1. The molecule has 0 saturated carbocycles. The molecule has 1 saturated heterocycles. The number of halogens is 1. The number of carbonyl (C=O) groups is 1. The van der Waals surface area contributed by atoms with Gasteiger partial charge in [-0.05, 0) is 43.4 Å². The highest BCUT2D eigenvalue weighted by Crippen LogP contribution is 2.30. The molecule has 2 aliphatic heterocycles. The van der Waals surface area contributed by atoms with Gasteiger partial charge in [-0.15, -0.1) is 12.4 Å². The van der Waals surface area contributed by atoms with E-state index in [4.69, 9.17) is 0 Å². The Morgan fingerprint density at radius 3 is 2.95 bits per heavy atom. The SMILES string of the molecule is CC1Cc2ccccc2N(C(=O)CC2CCCN2)C1.Cl. The van der Waals surface area contributed by atoms with Gasteiger partial charge in [0.2, 0.25) is 5.91 Å². The maximum atomic E-state index is 12.5. The number of hydrogen-bond acceptors (Lipinski definition) is 2. The Balaban J connectivity index is 0.00000147. The van der Waals surface area contributed by atoms with Gasteiger partial charge in [0.15, 0.2) is 0 Å². The summed E-state index contributed by atoms with van der Waals surface area (Å²) < 4.78 is 0. The second-order valence-corrected chi connectivity index (χ2v) is 5.94. The Hall–Kier alpha value is -1.06. The lowest BCUT2D eigenvalue weighted by Crippen LogP contribution is -2.41. The van der Waals surface area contributed by atoms with Crippen molar-refractivity contribution in [3.63, 3.8) is 0 Å². The number of anilines is 1. The largest absolute Gasteiger partial charge is 0.313 e. The van der Waals surface area contributed by atoms with Crippen LogP contribution in [0.1, 0.15) is 31.7 Å². The lowest BCUT2D eigenvalue weighted by Gasteiger charge is -2.33. The number of carbonyl (C=O) groups excluding carboxylic acids is 1. The number of fused-ring (bicyclic) bond motifs is 1. The van der Waals surface area contributed by atoms with Crippen LogP contribution in [-0.4, -0.2) is 25.0 Å². The van der Waals surface area contributed by atoms with Gasteiger partial charge in [-0.2, -0.15) is 0 Å². The van der Waals surface area contributed by atoms with Gasteiger partial charge in [-0.1, -0.05) is 25.1 Å². The molecule has 0 radical (unpaired) electrons. The van der Waals surface area contributed by atoms with Crippen molar-refractivity contribution >= 4 is 24.0 Å². The Morgan fingerprint density at radius 1 is 1.40 bits per heavy atom. The summed E-state index contributed by atoms with van der Waals surface area (Å²) in [5, 5.41) is 3.41. The van der Waals surface area contributed by atoms with E-state index in [-0.39, 0.29) is 18.3 Å². The second kappa shape index (κ2) is 6.59. The van der Waals surface area contributed by atoms with Crippen LogP contribution in [0.5, 0.6) is 0 Å². The van der Waals surface area contributed by atoms with E-state index < -0.39 is 0 Å². The van der Waals surface area contributed by atoms with Crippen molar-refractivity contribution in [2.75, 3.05) is 18.0 Å². The molecule has 2 aliphatic rings. The molecule has 2 atom stereocenters. The van der Waals surface area contributed by atoms with Crippen LogP contribution < -0.4 is 10.2 Å². The molecule has 2 unspecified atom stereocenters. The van der Waals surface area contributed by atoms with Crippen molar-refractivity contribution in [3.05, 3.63) is 29.8 Å². The zero-order valence-corrected chi connectivity index (χ0v) is 12.8. The van der Waals surface area contributed by atoms with Gasteiger partial charge in [-0.25, -0.2) is 0 Å². The molecule has 1 N–H and O–H groups in total. The molecule has 3 nitrogen and oxygen atoms in total. The van der Waals surface area contributed by atoms with Crippen LogP contribution in [0.4, 0.5) is 5.69 Å². The summed E-state index contributed by atoms with van der Waals surface area (Å²) in [6.07, 6.45) is 4.06. The van der Waals surface area contributed by atoms with E-state index in [1.165, 1.54) is 12.0 Å². The van der Waals surface area contributed by atoms with E-state index in [9.17, 15) is 4.79 Å². The minimum atomic E-state index is 0. The minimum Gasteiger partial charge on any atom is -0.313 e. The number of para-hydroxylation sites is 1. The number of hydrogen-bond donors (Lipinski definition) is 1. The predicted molar refractivity (Wildman–Crippen MR) is 84.6 cm³/mol. The van der Waals surface area contributed by atoms with Gasteiger partial charge in [0.25, 0.3) is 0 Å². The lowest BCUT2D eigenvalue weighted by molar-refractivity contribution is -0.119. The minimum absolute atomic E-state index is 0. The van der Waals surface area contributed by atoms with E-state index in [1.54, 1.807) is 0 Å². The van der Waals surface area contributed by atoms with E-state index in [2.05, 4.69) is 30.4 Å². The van der Waals surface area contributed by atoms with Crippen LogP contribution >= 0.6 is 12.4 Å². The highest BCUT2D eigenvalue weighted by molar-refractivity contribution is 5.95. The van der Waals surface area contributed by atoms with Gasteiger partial charge in [-0.3, -0.25) is 4.79 Å². The van der Waals surface area contributed by atoms with Crippen LogP contribution in [-0.2, 0) is 11.2 Å². The van der Waals surface area contributed by atoms with E-state index in [0.717, 1.165) is 31.6 Å². The Bertz CT molecular complexity index is 471. The molecular formula is C16H23ClN2O. The first kappa shape index (κ1) is 15.3. The molecule has 1 amide bonds. The third kappa shape index (κ3) is 3.15. The third-order valence-corrected chi connectivity index (χ3v) is 4.23. The average Bonchev–Trinajstić information content (AvgIpc) is 2.90. The van der Waals surface area contributed by atoms with Gasteiger partial charge >= 0.3 is 0 Å². The first-order chi connectivity index (χ1) is 9.24. The maximum Gasteiger partial charge on any atom is 0.228 e. The Labute approximate surface area is 127 Å². The molecule has 4 heteroatoms. The molecule has 0 bridgehead atoms. The summed E-state index contributed by atoms with van der Waals surface area (Å²) in [6, 6.07) is 8.72. The molecule has 1 aromatic rings. The molecule has 2 heterocycles. The number of rotatable bonds is 2. The van der Waals surface area contributed by atoms with Crippen molar-refractivity contribution < 1.29 is 4.79 Å². The summed E-state index contributed by atoms with van der Waals surface area (Å²) in [5.74, 6) is 0.828. The monoisotopic (exact) mass is 294 g/mol. The molecule has 3 rings (SSSR count). The molecule has 0 aromatic heterocycles. The summed E-state index contributed by atoms with van der Waals surface area (Å²) in [4.78, 5) is 14.6. The molecule has 1 aromatic carbocycles. The van der Waals surface area contributed by atoms with E-state index >= 15 is 0 Å². The average molecular weight is 295 g/mol. The molecule has 0 aliphatic carbocycles. The first-order valence-corrected chi connectivity index (χ1v) is 7.35. The smallest absolute Gasteiger partial charge is 0.228 e. The lowest BCUT2D eigenvalue weighted by atomic mass is 9.93. The van der Waals surface area contributed by atoms with Crippen molar-refractivity contribution in [1.29, 1.82) is 0 Å². The van der Waals surface area contributed by atoms with Crippen LogP contribution in [0.3, 0.4) is 0 Å². The van der Waals surface area contributed by atoms with E-state index in [0.29, 0.717) is 18.4 Å². The second-order valence-electron chi connectivity index (χ2n) is 5.94. The van der Waals surface area contributed by atoms with Crippen LogP contribution in [0.15, 0.2) is 24.3 Å². The highest BCUT2D eigenvalue weighted by Gasteiger charge is 2.28.